The van der Waals surface area contributed by atoms with Gasteiger partial charge in [-0.15, -0.1) is 0 Å². The van der Waals surface area contributed by atoms with Crippen molar-refractivity contribution in [1.82, 2.24) is 20.1 Å². The van der Waals surface area contributed by atoms with Gasteiger partial charge in [-0.25, -0.2) is 14.1 Å². The maximum atomic E-state index is 14.2. The smallest absolute Gasteiger partial charge is 0.286 e. The third-order valence-electron chi connectivity index (χ3n) is 4.29. The minimum Gasteiger partial charge on any atom is -0.451 e. The maximum absolute atomic E-state index is 14.2. The van der Waals surface area contributed by atoms with Gasteiger partial charge in [0.25, 0.3) is 11.8 Å². The number of hydrogen-bond donors (Lipinski definition) is 2. The molecule has 0 saturated heterocycles. The Kier molecular flexibility index (Phi) is 5.08. The molecule has 0 unspecified atom stereocenters. The number of amides is 2. The Morgan fingerprint density at radius 2 is 1.93 bits per heavy atom. The largest absolute Gasteiger partial charge is 0.451 e. The van der Waals surface area contributed by atoms with Crippen molar-refractivity contribution in [2.45, 2.75) is 0 Å². The summed E-state index contributed by atoms with van der Waals surface area (Å²) in [7, 11) is 1.48. The Hall–Kier alpha value is -4.27. The number of halogens is 1. The number of aromatic nitrogens is 3. The molecule has 30 heavy (non-hydrogen) atoms. The minimum absolute atomic E-state index is 0.0905. The van der Waals surface area contributed by atoms with Gasteiger partial charge in [-0.05, 0) is 48.5 Å². The van der Waals surface area contributed by atoms with E-state index in [1.807, 2.05) is 6.07 Å². The lowest BCUT2D eigenvalue weighted by Gasteiger charge is -2.09. The van der Waals surface area contributed by atoms with E-state index in [1.54, 1.807) is 28.9 Å². The first-order valence-corrected chi connectivity index (χ1v) is 8.93. The summed E-state index contributed by atoms with van der Waals surface area (Å²) in [6.45, 7) is 0. The zero-order valence-electron chi connectivity index (χ0n) is 15.8. The van der Waals surface area contributed by atoms with Gasteiger partial charge in [-0.1, -0.05) is 6.07 Å². The van der Waals surface area contributed by atoms with Gasteiger partial charge in [-0.3, -0.25) is 9.59 Å². The highest BCUT2D eigenvalue weighted by molar-refractivity contribution is 6.05. The molecule has 0 bridgehead atoms. The second-order valence-corrected chi connectivity index (χ2v) is 6.32. The van der Waals surface area contributed by atoms with Crippen molar-refractivity contribution in [3.63, 3.8) is 0 Å². The molecule has 8 nitrogen and oxygen atoms in total. The monoisotopic (exact) mass is 405 g/mol. The van der Waals surface area contributed by atoms with Crippen molar-refractivity contribution in [3.05, 3.63) is 84.4 Å². The molecule has 0 aliphatic rings. The highest BCUT2D eigenvalue weighted by Gasteiger charge is 2.15. The second kappa shape index (κ2) is 8.00. The van der Waals surface area contributed by atoms with Gasteiger partial charge < -0.3 is 15.1 Å². The molecule has 2 aromatic heterocycles. The summed E-state index contributed by atoms with van der Waals surface area (Å²) in [4.78, 5) is 28.3. The summed E-state index contributed by atoms with van der Waals surface area (Å²) in [5, 5.41) is 9.23. The zero-order valence-corrected chi connectivity index (χ0v) is 15.8. The molecule has 150 valence electrons. The predicted molar refractivity (Wildman–Crippen MR) is 107 cm³/mol. The molecule has 0 fully saturated rings. The van der Waals surface area contributed by atoms with E-state index in [9.17, 15) is 14.0 Å². The average molecular weight is 405 g/mol. The molecule has 2 heterocycles. The number of benzene rings is 2. The third-order valence-corrected chi connectivity index (χ3v) is 4.29. The average Bonchev–Trinajstić information content (AvgIpc) is 3.45. The molecule has 0 aliphatic carbocycles. The molecular weight excluding hydrogens is 389 g/mol. The molecule has 0 spiro atoms. The molecular formula is C21H16FN5O3. The lowest BCUT2D eigenvalue weighted by molar-refractivity contribution is 0.0935. The van der Waals surface area contributed by atoms with E-state index in [2.05, 4.69) is 20.7 Å². The number of nitrogens with zero attached hydrogens (tertiary/aromatic N) is 3. The van der Waals surface area contributed by atoms with Gasteiger partial charge in [0.1, 0.15) is 24.2 Å². The quantitative estimate of drug-likeness (QED) is 0.531. The van der Waals surface area contributed by atoms with Crippen molar-refractivity contribution in [2.24, 2.45) is 0 Å². The van der Waals surface area contributed by atoms with Gasteiger partial charge in [0.05, 0.1) is 5.69 Å². The minimum atomic E-state index is -0.605. The number of carbonyl (C=O) groups excluding carboxylic acids is 2. The van der Waals surface area contributed by atoms with Crippen LogP contribution in [0.15, 0.2) is 71.7 Å². The summed E-state index contributed by atoms with van der Waals surface area (Å²) in [5.74, 6) is -1.14. The second-order valence-electron chi connectivity index (χ2n) is 6.32. The van der Waals surface area contributed by atoms with Crippen LogP contribution in [-0.2, 0) is 0 Å². The maximum Gasteiger partial charge on any atom is 0.286 e. The molecule has 9 heteroatoms. The summed E-state index contributed by atoms with van der Waals surface area (Å²) in [6, 6.07) is 13.9. The van der Waals surface area contributed by atoms with Gasteiger partial charge in [0.2, 0.25) is 0 Å². The fourth-order valence-electron chi connectivity index (χ4n) is 2.87. The normalized spacial score (nSPS) is 10.6. The first-order valence-electron chi connectivity index (χ1n) is 8.93. The lowest BCUT2D eigenvalue weighted by Crippen LogP contribution is -2.16. The van der Waals surface area contributed by atoms with Crippen LogP contribution in [0.1, 0.15) is 20.9 Å². The number of nitrogens with one attached hydrogen (secondary N) is 2. The summed E-state index contributed by atoms with van der Waals surface area (Å²) < 4.78 is 21.2. The SMILES string of the molecule is CNC(=O)c1ccc(-c2cc(F)cc(C(=O)Nc3cccc(-n4cncn4)c3)c2)o1. The third kappa shape index (κ3) is 3.95. The van der Waals surface area contributed by atoms with Crippen LogP contribution in [0.25, 0.3) is 17.0 Å². The van der Waals surface area contributed by atoms with E-state index < -0.39 is 17.6 Å². The van der Waals surface area contributed by atoms with Crippen LogP contribution in [0.5, 0.6) is 0 Å². The van der Waals surface area contributed by atoms with Crippen molar-refractivity contribution in [1.29, 1.82) is 0 Å². The van der Waals surface area contributed by atoms with E-state index in [0.717, 1.165) is 6.07 Å². The van der Waals surface area contributed by atoms with Gasteiger partial charge in [-0.2, -0.15) is 5.10 Å². The van der Waals surface area contributed by atoms with Crippen LogP contribution in [-0.4, -0.2) is 33.6 Å². The molecule has 0 aliphatic heterocycles. The van der Waals surface area contributed by atoms with E-state index >= 15 is 0 Å². The number of hydrogen-bond acceptors (Lipinski definition) is 5. The topological polar surface area (TPSA) is 102 Å². The number of carbonyl (C=O) groups is 2. The highest BCUT2D eigenvalue weighted by Crippen LogP contribution is 2.25. The highest BCUT2D eigenvalue weighted by atomic mass is 19.1. The predicted octanol–water partition coefficient (Wildman–Crippen LogP) is 3.28. The Labute approximate surface area is 170 Å². The standard InChI is InChI=1S/C21H16FN5O3/c1-23-21(29)19-6-5-18(30-19)13-7-14(9-15(22)8-13)20(28)26-16-3-2-4-17(10-16)27-12-24-11-25-27/h2-12H,1H3,(H,23,29)(H,26,28). The molecule has 2 N–H and O–H groups in total. The van der Waals surface area contributed by atoms with Crippen LogP contribution in [0.2, 0.25) is 0 Å². The zero-order chi connectivity index (χ0) is 21.1. The van der Waals surface area contributed by atoms with Crippen molar-refractivity contribution in [2.75, 3.05) is 12.4 Å². The molecule has 4 aromatic rings. The summed E-state index contributed by atoms with van der Waals surface area (Å²) in [5.41, 5.74) is 1.67. The molecule has 0 atom stereocenters. The molecule has 2 aromatic carbocycles. The molecule has 4 rings (SSSR count). The van der Waals surface area contributed by atoms with Gasteiger partial charge >= 0.3 is 0 Å². The lowest BCUT2D eigenvalue weighted by atomic mass is 10.1. The number of rotatable bonds is 5. The molecule has 0 saturated carbocycles. The van der Waals surface area contributed by atoms with Crippen LogP contribution >= 0.6 is 0 Å². The Bertz CT molecular complexity index is 1220. The summed E-state index contributed by atoms with van der Waals surface area (Å²) in [6.07, 6.45) is 2.94. The van der Waals surface area contributed by atoms with E-state index in [4.69, 9.17) is 4.42 Å². The van der Waals surface area contributed by atoms with Crippen molar-refractivity contribution < 1.29 is 18.4 Å². The van der Waals surface area contributed by atoms with Crippen LogP contribution in [0.4, 0.5) is 10.1 Å². The number of furan rings is 1. The first-order chi connectivity index (χ1) is 14.5. The van der Waals surface area contributed by atoms with Crippen LogP contribution in [0, 0.1) is 5.82 Å². The first kappa shape index (κ1) is 19.1. The van der Waals surface area contributed by atoms with E-state index in [1.165, 1.54) is 37.9 Å². The van der Waals surface area contributed by atoms with Crippen molar-refractivity contribution in [3.8, 4) is 17.0 Å². The van der Waals surface area contributed by atoms with Gasteiger partial charge in [0, 0.05) is 23.9 Å². The summed E-state index contributed by atoms with van der Waals surface area (Å²) >= 11 is 0. The fourth-order valence-corrected chi connectivity index (χ4v) is 2.87. The van der Waals surface area contributed by atoms with E-state index in [-0.39, 0.29) is 17.1 Å². The Morgan fingerprint density at radius 3 is 2.70 bits per heavy atom. The molecule has 0 radical (unpaired) electrons. The van der Waals surface area contributed by atoms with Crippen LogP contribution in [0.3, 0.4) is 0 Å². The fraction of sp³-hybridized carbons (Fsp3) is 0.0476. The van der Waals surface area contributed by atoms with Gasteiger partial charge in [0.15, 0.2) is 5.76 Å². The van der Waals surface area contributed by atoms with E-state index in [0.29, 0.717) is 16.9 Å². The van der Waals surface area contributed by atoms with Crippen LogP contribution < -0.4 is 10.6 Å². The Morgan fingerprint density at radius 1 is 1.07 bits per heavy atom. The number of anilines is 1. The molecule has 2 amide bonds. The van der Waals surface area contributed by atoms with Crippen molar-refractivity contribution >= 4 is 17.5 Å². The Balaban J connectivity index is 1.59.